The first kappa shape index (κ1) is 23.0. The molecule has 0 radical (unpaired) electrons. The number of halogens is 1. The normalized spacial score (nSPS) is 10.9. The highest BCUT2D eigenvalue weighted by molar-refractivity contribution is 6.34. The predicted molar refractivity (Wildman–Crippen MR) is 118 cm³/mol. The molecule has 0 aliphatic carbocycles. The molecule has 3 aromatic rings. The molecule has 0 saturated carbocycles. The van der Waals surface area contributed by atoms with Gasteiger partial charge in [0.1, 0.15) is 28.9 Å². The lowest BCUT2D eigenvalue weighted by Gasteiger charge is -2.06. The summed E-state index contributed by atoms with van der Waals surface area (Å²) in [7, 11) is 1.38. The SMILES string of the molecule is COc1ccc(-c2ccc(/C=C(\C#N)C(=O)Nc3cc([N+](=O)[O-])ccc3Cl)o2)c([N+](=O)[O-])c1. The van der Waals surface area contributed by atoms with E-state index in [0.29, 0.717) is 5.75 Å². The Hall–Kier alpha value is -4.69. The van der Waals surface area contributed by atoms with Crippen molar-refractivity contribution < 1.29 is 23.8 Å². The third-order valence-electron chi connectivity index (χ3n) is 4.35. The van der Waals surface area contributed by atoms with Gasteiger partial charge in [0, 0.05) is 18.2 Å². The van der Waals surface area contributed by atoms with Crippen LogP contribution in [0.4, 0.5) is 17.1 Å². The van der Waals surface area contributed by atoms with Crippen molar-refractivity contribution in [3.8, 4) is 23.1 Å². The topological polar surface area (TPSA) is 162 Å². The van der Waals surface area contributed by atoms with Crippen LogP contribution in [0.15, 0.2) is 58.5 Å². The van der Waals surface area contributed by atoms with Gasteiger partial charge in [-0.2, -0.15) is 5.26 Å². The minimum Gasteiger partial charge on any atom is -0.497 e. The number of nitro groups is 2. The Morgan fingerprint density at radius 1 is 1.15 bits per heavy atom. The number of non-ortho nitro benzene ring substituents is 1. The maximum Gasteiger partial charge on any atom is 0.284 e. The van der Waals surface area contributed by atoms with Crippen LogP contribution >= 0.6 is 11.6 Å². The number of rotatable bonds is 7. The first-order chi connectivity index (χ1) is 15.7. The number of amides is 1. The van der Waals surface area contributed by atoms with Crippen LogP contribution < -0.4 is 10.1 Å². The zero-order valence-electron chi connectivity index (χ0n) is 16.8. The summed E-state index contributed by atoms with van der Waals surface area (Å²) < 4.78 is 10.6. The van der Waals surface area contributed by atoms with Gasteiger partial charge in [0.15, 0.2) is 0 Å². The molecular formula is C21H13ClN4O7. The van der Waals surface area contributed by atoms with Gasteiger partial charge in [0.05, 0.1) is 39.3 Å². The van der Waals surface area contributed by atoms with Crippen molar-refractivity contribution in [1.82, 2.24) is 0 Å². The Morgan fingerprint density at radius 2 is 1.91 bits per heavy atom. The molecule has 1 heterocycles. The van der Waals surface area contributed by atoms with Gasteiger partial charge in [-0.25, -0.2) is 0 Å². The molecule has 0 saturated heterocycles. The zero-order valence-corrected chi connectivity index (χ0v) is 17.5. The summed E-state index contributed by atoms with van der Waals surface area (Å²) in [6, 6.07) is 12.3. The average Bonchev–Trinajstić information content (AvgIpc) is 3.26. The Morgan fingerprint density at radius 3 is 2.55 bits per heavy atom. The van der Waals surface area contributed by atoms with Gasteiger partial charge < -0.3 is 14.5 Å². The third kappa shape index (κ3) is 5.15. The van der Waals surface area contributed by atoms with Crippen LogP contribution in [0, 0.1) is 31.6 Å². The van der Waals surface area contributed by atoms with Gasteiger partial charge in [-0.15, -0.1) is 0 Å². The average molecular weight is 469 g/mol. The first-order valence-corrected chi connectivity index (χ1v) is 9.41. The number of hydrogen-bond donors (Lipinski definition) is 1. The fraction of sp³-hybridized carbons (Fsp3) is 0.0476. The van der Waals surface area contributed by atoms with Crippen LogP contribution in [0.25, 0.3) is 17.4 Å². The lowest BCUT2D eigenvalue weighted by Crippen LogP contribution is -2.13. The number of nitro benzene ring substituents is 2. The highest BCUT2D eigenvalue weighted by Crippen LogP contribution is 2.34. The predicted octanol–water partition coefficient (Wildman–Crippen LogP) is 4.97. The standard InChI is InChI=1S/C21H13ClN4O7/c1-32-14-3-5-16(19(10-14)26(30)31)20-7-4-15(33-20)8-12(11-23)21(27)24-18-9-13(25(28)29)2-6-17(18)22/h2-10H,1H3,(H,24,27)/b12-8+. The fourth-order valence-corrected chi connectivity index (χ4v) is 2.94. The number of nitrogens with one attached hydrogen (secondary N) is 1. The maximum absolute atomic E-state index is 12.5. The van der Waals surface area contributed by atoms with E-state index in [1.54, 1.807) is 6.07 Å². The number of benzene rings is 2. The van der Waals surface area contributed by atoms with Crippen LogP contribution in [0.1, 0.15) is 5.76 Å². The van der Waals surface area contributed by atoms with Crippen LogP contribution in [0.5, 0.6) is 5.75 Å². The van der Waals surface area contributed by atoms with Gasteiger partial charge in [-0.1, -0.05) is 11.6 Å². The molecule has 0 fully saturated rings. The summed E-state index contributed by atoms with van der Waals surface area (Å²) in [4.78, 5) is 33.6. The van der Waals surface area contributed by atoms with Crippen molar-refractivity contribution in [1.29, 1.82) is 5.26 Å². The van der Waals surface area contributed by atoms with Crippen LogP contribution in [0.3, 0.4) is 0 Å². The molecular weight excluding hydrogens is 456 g/mol. The summed E-state index contributed by atoms with van der Waals surface area (Å²) >= 11 is 5.96. The number of carbonyl (C=O) groups excluding carboxylic acids is 1. The zero-order chi connectivity index (χ0) is 24.1. The lowest BCUT2D eigenvalue weighted by atomic mass is 10.1. The van der Waals surface area contributed by atoms with E-state index in [-0.39, 0.29) is 44.7 Å². The molecule has 3 rings (SSSR count). The smallest absolute Gasteiger partial charge is 0.284 e. The molecule has 166 valence electrons. The molecule has 0 aliphatic rings. The molecule has 12 heteroatoms. The summed E-state index contributed by atoms with van der Waals surface area (Å²) in [5.74, 6) is -0.379. The van der Waals surface area contributed by atoms with Crippen molar-refractivity contribution >= 4 is 40.6 Å². The van der Waals surface area contributed by atoms with E-state index in [9.17, 15) is 30.3 Å². The largest absolute Gasteiger partial charge is 0.497 e. The van der Waals surface area contributed by atoms with Gasteiger partial charge in [0.2, 0.25) is 0 Å². The number of ether oxygens (including phenoxy) is 1. The van der Waals surface area contributed by atoms with Gasteiger partial charge in [0.25, 0.3) is 17.3 Å². The van der Waals surface area contributed by atoms with Crippen LogP contribution in [-0.4, -0.2) is 22.9 Å². The Labute approximate surface area is 190 Å². The van der Waals surface area contributed by atoms with Crippen molar-refractivity contribution in [3.05, 3.63) is 85.1 Å². The molecule has 11 nitrogen and oxygen atoms in total. The summed E-state index contributed by atoms with van der Waals surface area (Å²) in [5, 5.41) is 34.1. The monoisotopic (exact) mass is 468 g/mol. The highest BCUT2D eigenvalue weighted by atomic mass is 35.5. The number of carbonyl (C=O) groups is 1. The summed E-state index contributed by atoms with van der Waals surface area (Å²) in [6.45, 7) is 0. The Balaban J connectivity index is 1.89. The second-order valence-electron chi connectivity index (χ2n) is 6.39. The maximum atomic E-state index is 12.5. The van der Waals surface area contributed by atoms with E-state index in [0.717, 1.165) is 12.1 Å². The van der Waals surface area contributed by atoms with Crippen LogP contribution in [0.2, 0.25) is 5.02 Å². The number of methoxy groups -OCH3 is 1. The second-order valence-corrected chi connectivity index (χ2v) is 6.79. The fourth-order valence-electron chi connectivity index (χ4n) is 2.78. The Kier molecular flexibility index (Phi) is 6.71. The van der Waals surface area contributed by atoms with Crippen molar-refractivity contribution in [2.24, 2.45) is 0 Å². The van der Waals surface area contributed by atoms with E-state index >= 15 is 0 Å². The number of furan rings is 1. The molecule has 0 atom stereocenters. The minimum atomic E-state index is -0.881. The minimum absolute atomic E-state index is 0.0401. The molecule has 33 heavy (non-hydrogen) atoms. The van der Waals surface area contributed by atoms with E-state index < -0.39 is 15.8 Å². The highest BCUT2D eigenvalue weighted by Gasteiger charge is 2.20. The molecule has 0 spiro atoms. The van der Waals surface area contributed by atoms with Crippen molar-refractivity contribution in [3.63, 3.8) is 0 Å². The molecule has 0 aliphatic heterocycles. The van der Waals surface area contributed by atoms with Gasteiger partial charge in [-0.3, -0.25) is 25.0 Å². The Bertz CT molecular complexity index is 1340. The van der Waals surface area contributed by atoms with Crippen molar-refractivity contribution in [2.45, 2.75) is 0 Å². The van der Waals surface area contributed by atoms with Crippen molar-refractivity contribution in [2.75, 3.05) is 12.4 Å². The molecule has 1 amide bonds. The van der Waals surface area contributed by atoms with Gasteiger partial charge >= 0.3 is 0 Å². The third-order valence-corrected chi connectivity index (χ3v) is 4.68. The van der Waals surface area contributed by atoms with E-state index in [1.165, 1.54) is 49.6 Å². The summed E-state index contributed by atoms with van der Waals surface area (Å²) in [5.41, 5.74) is -0.813. The molecule has 1 aromatic heterocycles. The number of nitriles is 1. The van der Waals surface area contributed by atoms with Gasteiger partial charge in [-0.05, 0) is 30.3 Å². The van der Waals surface area contributed by atoms with E-state index in [4.69, 9.17) is 20.8 Å². The molecule has 1 N–H and O–H groups in total. The first-order valence-electron chi connectivity index (χ1n) is 9.03. The van der Waals surface area contributed by atoms with Crippen LogP contribution in [-0.2, 0) is 4.79 Å². The lowest BCUT2D eigenvalue weighted by molar-refractivity contribution is -0.384. The number of hydrogen-bond acceptors (Lipinski definition) is 8. The molecule has 2 aromatic carbocycles. The molecule has 0 unspecified atom stereocenters. The van der Waals surface area contributed by atoms with E-state index in [2.05, 4.69) is 5.32 Å². The second kappa shape index (κ2) is 9.63. The number of nitrogens with zero attached hydrogens (tertiary/aromatic N) is 3. The summed E-state index contributed by atoms with van der Waals surface area (Å²) in [6.07, 6.45) is 1.12. The molecule has 0 bridgehead atoms. The van der Waals surface area contributed by atoms with E-state index in [1.807, 2.05) is 0 Å². The number of anilines is 1. The quantitative estimate of drug-likeness (QED) is 0.220.